The summed E-state index contributed by atoms with van der Waals surface area (Å²) in [5.74, 6) is 4.16. The molecule has 28 heavy (non-hydrogen) atoms. The van der Waals surface area contributed by atoms with Crippen molar-refractivity contribution in [2.24, 2.45) is 0 Å². The summed E-state index contributed by atoms with van der Waals surface area (Å²) in [4.78, 5) is 11.5. The SMILES string of the molecule is Oc1c(CN2CCSCc3cccc(n3)CSCC2)cc(Cl)c2cccnc12. The molecule has 0 spiro atoms. The van der Waals surface area contributed by atoms with Gasteiger partial charge in [0.1, 0.15) is 11.3 Å². The molecule has 2 bridgehead atoms. The van der Waals surface area contributed by atoms with E-state index in [0.29, 0.717) is 17.1 Å². The number of rotatable bonds is 2. The molecule has 0 amide bonds. The Labute approximate surface area is 178 Å². The van der Waals surface area contributed by atoms with Gasteiger partial charge in [-0.25, -0.2) is 0 Å². The van der Waals surface area contributed by atoms with Crippen LogP contribution >= 0.6 is 35.1 Å². The van der Waals surface area contributed by atoms with Crippen molar-refractivity contribution >= 4 is 46.0 Å². The number of fused-ring (bicyclic) bond motifs is 3. The third-order valence-electron chi connectivity index (χ3n) is 4.76. The minimum Gasteiger partial charge on any atom is -0.505 e. The Hall–Kier alpha value is -1.47. The highest BCUT2D eigenvalue weighted by molar-refractivity contribution is 7.98. The van der Waals surface area contributed by atoms with E-state index in [9.17, 15) is 5.11 Å². The summed E-state index contributed by atoms with van der Waals surface area (Å²) < 4.78 is 0. The Bertz CT molecular complexity index is 942. The maximum absolute atomic E-state index is 10.7. The first-order valence-electron chi connectivity index (χ1n) is 9.28. The van der Waals surface area contributed by atoms with Gasteiger partial charge in [-0.15, -0.1) is 0 Å². The molecule has 3 heterocycles. The molecule has 1 aliphatic heterocycles. The highest BCUT2D eigenvalue weighted by atomic mass is 35.5. The second-order valence-corrected chi connectivity index (χ2v) is 9.38. The third kappa shape index (κ3) is 4.74. The summed E-state index contributed by atoms with van der Waals surface area (Å²) in [5, 5.41) is 12.2. The van der Waals surface area contributed by atoms with Gasteiger partial charge in [0, 0.05) is 59.8 Å². The normalized spacial score (nSPS) is 16.5. The van der Waals surface area contributed by atoms with Crippen LogP contribution in [-0.4, -0.2) is 44.6 Å². The van der Waals surface area contributed by atoms with Crippen LogP contribution in [0.15, 0.2) is 42.6 Å². The van der Waals surface area contributed by atoms with Crippen LogP contribution in [0.4, 0.5) is 0 Å². The van der Waals surface area contributed by atoms with Gasteiger partial charge in [0.2, 0.25) is 0 Å². The molecule has 0 saturated carbocycles. The highest BCUT2D eigenvalue weighted by Crippen LogP contribution is 2.33. The van der Waals surface area contributed by atoms with E-state index in [4.69, 9.17) is 16.6 Å². The lowest BCUT2D eigenvalue weighted by Gasteiger charge is -2.23. The van der Waals surface area contributed by atoms with Gasteiger partial charge in [-0.2, -0.15) is 23.5 Å². The number of hydrogen-bond acceptors (Lipinski definition) is 6. The maximum Gasteiger partial charge on any atom is 0.146 e. The maximum atomic E-state index is 10.7. The largest absolute Gasteiger partial charge is 0.505 e. The molecule has 7 heteroatoms. The highest BCUT2D eigenvalue weighted by Gasteiger charge is 2.15. The number of aromatic hydroxyl groups is 1. The van der Waals surface area contributed by atoms with Crippen LogP contribution in [0.25, 0.3) is 10.9 Å². The number of benzene rings is 1. The van der Waals surface area contributed by atoms with Crippen LogP contribution < -0.4 is 0 Å². The Morgan fingerprint density at radius 2 is 1.75 bits per heavy atom. The number of phenolic OH excluding ortho intramolecular Hbond substituents is 1. The standard InChI is InChI=1S/C21H22ClN3OS2/c22-19-11-15(21(26)20-18(19)5-2-6-23-20)12-25-7-9-27-13-16-3-1-4-17(24-16)14-28-10-8-25/h1-6,11,26H,7-10,12-14H2. The second kappa shape index (κ2) is 9.35. The van der Waals surface area contributed by atoms with E-state index in [1.165, 1.54) is 0 Å². The summed E-state index contributed by atoms with van der Waals surface area (Å²) in [6, 6.07) is 11.9. The van der Waals surface area contributed by atoms with Crippen molar-refractivity contribution in [1.29, 1.82) is 0 Å². The molecule has 4 nitrogen and oxygen atoms in total. The van der Waals surface area contributed by atoms with Gasteiger partial charge < -0.3 is 5.11 Å². The lowest BCUT2D eigenvalue weighted by molar-refractivity contribution is 0.296. The zero-order chi connectivity index (χ0) is 19.3. The number of nitrogens with zero attached hydrogens (tertiary/aromatic N) is 3. The van der Waals surface area contributed by atoms with Crippen molar-refractivity contribution < 1.29 is 5.11 Å². The molecular weight excluding hydrogens is 410 g/mol. The van der Waals surface area contributed by atoms with Crippen LogP contribution in [-0.2, 0) is 18.1 Å². The second-order valence-electron chi connectivity index (χ2n) is 6.77. The van der Waals surface area contributed by atoms with Crippen molar-refractivity contribution in [2.75, 3.05) is 24.6 Å². The zero-order valence-electron chi connectivity index (χ0n) is 15.5. The molecule has 3 aromatic rings. The number of halogens is 1. The molecule has 0 radical (unpaired) electrons. The van der Waals surface area contributed by atoms with Crippen LogP contribution in [0.2, 0.25) is 5.02 Å². The van der Waals surface area contributed by atoms with Crippen LogP contribution in [0, 0.1) is 0 Å². The third-order valence-corrected chi connectivity index (χ3v) is 7.01. The van der Waals surface area contributed by atoms with Crippen LogP contribution in [0.3, 0.4) is 0 Å². The Morgan fingerprint density at radius 3 is 2.46 bits per heavy atom. The van der Waals surface area contributed by atoms with E-state index < -0.39 is 0 Å². The smallest absolute Gasteiger partial charge is 0.146 e. The number of thioether (sulfide) groups is 2. The average molecular weight is 432 g/mol. The van der Waals surface area contributed by atoms with E-state index in [1.807, 2.05) is 41.7 Å². The lowest BCUT2D eigenvalue weighted by atomic mass is 10.1. The zero-order valence-corrected chi connectivity index (χ0v) is 17.9. The molecule has 2 aromatic heterocycles. The number of phenols is 1. The molecule has 0 fully saturated rings. The first kappa shape index (κ1) is 19.8. The summed E-state index contributed by atoms with van der Waals surface area (Å²) in [6.07, 6.45) is 1.69. The molecule has 0 saturated heterocycles. The van der Waals surface area contributed by atoms with E-state index in [2.05, 4.69) is 28.1 Å². The van der Waals surface area contributed by atoms with E-state index >= 15 is 0 Å². The fourth-order valence-electron chi connectivity index (χ4n) is 3.30. The summed E-state index contributed by atoms with van der Waals surface area (Å²) in [5.41, 5.74) is 3.72. The minimum absolute atomic E-state index is 0.241. The molecule has 0 aliphatic carbocycles. The lowest BCUT2D eigenvalue weighted by Crippen LogP contribution is -2.28. The molecule has 1 N–H and O–H groups in total. The Kier molecular flexibility index (Phi) is 6.62. The molecular formula is C21H22ClN3OS2. The van der Waals surface area contributed by atoms with Crippen LogP contribution in [0.5, 0.6) is 5.75 Å². The van der Waals surface area contributed by atoms with Crippen molar-refractivity contribution in [2.45, 2.75) is 18.1 Å². The molecule has 4 rings (SSSR count). The molecule has 1 aromatic carbocycles. The number of aromatic nitrogens is 2. The topological polar surface area (TPSA) is 49.2 Å². The Morgan fingerprint density at radius 1 is 1.04 bits per heavy atom. The van der Waals surface area contributed by atoms with Gasteiger partial charge in [-0.1, -0.05) is 17.7 Å². The molecule has 146 valence electrons. The van der Waals surface area contributed by atoms with E-state index in [-0.39, 0.29) is 5.75 Å². The molecule has 0 atom stereocenters. The summed E-state index contributed by atoms with van der Waals surface area (Å²) in [7, 11) is 0. The van der Waals surface area contributed by atoms with Gasteiger partial charge in [0.25, 0.3) is 0 Å². The molecule has 1 aliphatic rings. The van der Waals surface area contributed by atoms with Gasteiger partial charge in [0.15, 0.2) is 0 Å². The minimum atomic E-state index is 0.241. The van der Waals surface area contributed by atoms with Crippen molar-refractivity contribution in [3.63, 3.8) is 0 Å². The number of pyridine rings is 2. The van der Waals surface area contributed by atoms with Crippen LogP contribution in [0.1, 0.15) is 17.0 Å². The fourth-order valence-corrected chi connectivity index (χ4v) is 5.39. The van der Waals surface area contributed by atoms with Gasteiger partial charge >= 0.3 is 0 Å². The molecule has 0 unspecified atom stereocenters. The van der Waals surface area contributed by atoms with Gasteiger partial charge in [0.05, 0.1) is 16.4 Å². The monoisotopic (exact) mass is 431 g/mol. The van der Waals surface area contributed by atoms with E-state index in [1.54, 1.807) is 6.20 Å². The van der Waals surface area contributed by atoms with E-state index in [0.717, 1.165) is 58.4 Å². The summed E-state index contributed by atoms with van der Waals surface area (Å²) >= 11 is 10.3. The average Bonchev–Trinajstić information content (AvgIpc) is 2.71. The number of hydrogen-bond donors (Lipinski definition) is 1. The van der Waals surface area contributed by atoms with Gasteiger partial charge in [-0.3, -0.25) is 14.9 Å². The van der Waals surface area contributed by atoms with Gasteiger partial charge in [-0.05, 0) is 30.3 Å². The quantitative estimate of drug-likeness (QED) is 0.618. The predicted molar refractivity (Wildman–Crippen MR) is 120 cm³/mol. The van der Waals surface area contributed by atoms with Crippen molar-refractivity contribution in [3.8, 4) is 5.75 Å². The first-order chi connectivity index (χ1) is 13.7. The van der Waals surface area contributed by atoms with Crippen molar-refractivity contribution in [3.05, 3.63) is 64.6 Å². The fraction of sp³-hybridized carbons (Fsp3) is 0.333. The first-order valence-corrected chi connectivity index (χ1v) is 12.0. The predicted octanol–water partition coefficient (Wildman–Crippen LogP) is 4.97. The summed E-state index contributed by atoms with van der Waals surface area (Å²) in [6.45, 7) is 2.59. The van der Waals surface area contributed by atoms with Crippen molar-refractivity contribution in [1.82, 2.24) is 14.9 Å². The Balaban J connectivity index is 1.49.